The molecule has 3 rings (SSSR count). The van der Waals surface area contributed by atoms with E-state index < -0.39 is 0 Å². The molecular weight excluding hydrogens is 328 g/mol. The number of fused-ring (bicyclic) bond motifs is 1. The monoisotopic (exact) mass is 354 g/mol. The maximum atomic E-state index is 12.9. The zero-order chi connectivity index (χ0) is 18.5. The Balaban J connectivity index is 1.90. The van der Waals surface area contributed by atoms with Crippen molar-refractivity contribution in [2.45, 2.75) is 52.5 Å². The van der Waals surface area contributed by atoms with Gasteiger partial charge in [0, 0.05) is 18.8 Å². The molecule has 1 aromatic carbocycles. The van der Waals surface area contributed by atoms with Crippen LogP contribution in [0, 0.1) is 0 Å². The van der Waals surface area contributed by atoms with E-state index in [1.807, 2.05) is 35.8 Å². The fraction of sp³-hybridized carbons (Fsp3) is 0.450. The first kappa shape index (κ1) is 18.2. The highest BCUT2D eigenvalue weighted by Crippen LogP contribution is 2.23. The summed E-state index contributed by atoms with van der Waals surface area (Å²) in [5, 5.41) is 5.84. The van der Waals surface area contributed by atoms with Crippen LogP contribution in [-0.4, -0.2) is 27.9 Å². The van der Waals surface area contributed by atoms with Crippen molar-refractivity contribution in [3.63, 3.8) is 0 Å². The summed E-state index contributed by atoms with van der Waals surface area (Å²) >= 11 is 0. The molecule has 0 saturated carbocycles. The van der Waals surface area contributed by atoms with E-state index >= 15 is 0 Å². The number of rotatable bonds is 6. The van der Waals surface area contributed by atoms with Crippen LogP contribution in [0.1, 0.15) is 65.5 Å². The molecule has 0 atom stereocenters. The Morgan fingerprint density at radius 1 is 1.15 bits per heavy atom. The van der Waals surface area contributed by atoms with Crippen LogP contribution < -0.4 is 10.6 Å². The second-order valence-corrected chi connectivity index (χ2v) is 6.56. The Labute approximate surface area is 154 Å². The molecule has 0 aliphatic carbocycles. The lowest BCUT2D eigenvalue weighted by molar-refractivity contribution is 0.0937. The second-order valence-electron chi connectivity index (χ2n) is 6.56. The fourth-order valence-electron chi connectivity index (χ4n) is 3.35. The van der Waals surface area contributed by atoms with Gasteiger partial charge in [-0.05, 0) is 43.7 Å². The largest absolute Gasteiger partial charge is 0.349 e. The molecule has 138 valence electrons. The molecule has 0 bridgehead atoms. The number of nitrogens with one attached hydrogen (secondary N) is 2. The standard InChI is InChI=1S/C20H26N4O2/c1-3-12-21-20(26)18-23-17(16-11-7-8-13-24(16)18)19(25)22-15-10-6-5-9-14(15)4-2/h5-6,9-10H,3-4,7-8,11-13H2,1-2H3,(H,21,26)(H,22,25). The summed E-state index contributed by atoms with van der Waals surface area (Å²) in [5.41, 5.74) is 3.12. The van der Waals surface area contributed by atoms with Gasteiger partial charge in [-0.1, -0.05) is 32.0 Å². The summed E-state index contributed by atoms with van der Waals surface area (Å²) in [4.78, 5) is 29.8. The van der Waals surface area contributed by atoms with Crippen molar-refractivity contribution in [3.05, 3.63) is 47.0 Å². The minimum absolute atomic E-state index is 0.206. The van der Waals surface area contributed by atoms with Gasteiger partial charge in [0.15, 0.2) is 11.5 Å². The van der Waals surface area contributed by atoms with Gasteiger partial charge in [-0.25, -0.2) is 4.98 Å². The van der Waals surface area contributed by atoms with Crippen molar-refractivity contribution >= 4 is 17.5 Å². The Kier molecular flexibility index (Phi) is 5.71. The van der Waals surface area contributed by atoms with Crippen LogP contribution in [0.25, 0.3) is 0 Å². The third kappa shape index (κ3) is 3.64. The summed E-state index contributed by atoms with van der Waals surface area (Å²) in [6, 6.07) is 7.76. The van der Waals surface area contributed by atoms with Crippen molar-refractivity contribution in [3.8, 4) is 0 Å². The maximum Gasteiger partial charge on any atom is 0.287 e. The molecule has 26 heavy (non-hydrogen) atoms. The van der Waals surface area contributed by atoms with Crippen molar-refractivity contribution in [2.75, 3.05) is 11.9 Å². The van der Waals surface area contributed by atoms with Gasteiger partial charge >= 0.3 is 0 Å². The minimum atomic E-state index is -0.244. The van der Waals surface area contributed by atoms with E-state index in [0.29, 0.717) is 18.1 Å². The topological polar surface area (TPSA) is 76.0 Å². The molecule has 1 aliphatic heterocycles. The number of anilines is 1. The van der Waals surface area contributed by atoms with Gasteiger partial charge in [-0.15, -0.1) is 0 Å². The predicted molar refractivity (Wildman–Crippen MR) is 102 cm³/mol. The average Bonchev–Trinajstić information content (AvgIpc) is 3.06. The molecular formula is C20H26N4O2. The smallest absolute Gasteiger partial charge is 0.287 e. The molecule has 6 heteroatoms. The van der Waals surface area contributed by atoms with Crippen LogP contribution in [-0.2, 0) is 19.4 Å². The second kappa shape index (κ2) is 8.17. The molecule has 2 aromatic rings. The number of para-hydroxylation sites is 1. The van der Waals surface area contributed by atoms with Gasteiger partial charge in [-0.3, -0.25) is 9.59 Å². The van der Waals surface area contributed by atoms with Gasteiger partial charge in [0.05, 0.1) is 5.69 Å². The van der Waals surface area contributed by atoms with E-state index in [-0.39, 0.29) is 11.8 Å². The highest BCUT2D eigenvalue weighted by Gasteiger charge is 2.27. The van der Waals surface area contributed by atoms with Crippen molar-refractivity contribution in [2.24, 2.45) is 0 Å². The molecule has 2 heterocycles. The molecule has 1 aliphatic rings. The lowest BCUT2D eigenvalue weighted by atomic mass is 10.1. The molecule has 0 radical (unpaired) electrons. The van der Waals surface area contributed by atoms with E-state index in [1.165, 1.54) is 0 Å². The molecule has 0 saturated heterocycles. The van der Waals surface area contributed by atoms with E-state index in [9.17, 15) is 9.59 Å². The number of benzene rings is 1. The highest BCUT2D eigenvalue weighted by atomic mass is 16.2. The zero-order valence-electron chi connectivity index (χ0n) is 15.5. The molecule has 2 N–H and O–H groups in total. The summed E-state index contributed by atoms with van der Waals surface area (Å²) in [6.45, 7) is 5.40. The van der Waals surface area contributed by atoms with E-state index in [0.717, 1.165) is 55.6 Å². The van der Waals surface area contributed by atoms with Gasteiger partial charge in [0.25, 0.3) is 11.8 Å². The van der Waals surface area contributed by atoms with Gasteiger partial charge in [-0.2, -0.15) is 0 Å². The summed E-state index contributed by atoms with van der Waals surface area (Å²) < 4.78 is 1.91. The molecule has 0 spiro atoms. The molecule has 6 nitrogen and oxygen atoms in total. The van der Waals surface area contributed by atoms with Gasteiger partial charge < -0.3 is 15.2 Å². The van der Waals surface area contributed by atoms with Crippen LogP contribution in [0.15, 0.2) is 24.3 Å². The van der Waals surface area contributed by atoms with Crippen LogP contribution in [0.5, 0.6) is 0 Å². The lowest BCUT2D eigenvalue weighted by Crippen LogP contribution is -2.28. The van der Waals surface area contributed by atoms with Crippen LogP contribution >= 0.6 is 0 Å². The van der Waals surface area contributed by atoms with E-state index in [4.69, 9.17) is 0 Å². The zero-order valence-corrected chi connectivity index (χ0v) is 15.5. The van der Waals surface area contributed by atoms with Crippen LogP contribution in [0.4, 0.5) is 5.69 Å². The van der Waals surface area contributed by atoms with Crippen LogP contribution in [0.2, 0.25) is 0 Å². The Bertz CT molecular complexity index is 810. The summed E-state index contributed by atoms with van der Waals surface area (Å²) in [7, 11) is 0. The van der Waals surface area contributed by atoms with Crippen molar-refractivity contribution in [1.82, 2.24) is 14.9 Å². The number of aromatic nitrogens is 2. The van der Waals surface area contributed by atoms with Crippen LogP contribution in [0.3, 0.4) is 0 Å². The summed E-state index contributed by atoms with van der Waals surface area (Å²) in [6.07, 6.45) is 4.47. The van der Waals surface area contributed by atoms with Gasteiger partial charge in [0.2, 0.25) is 0 Å². The van der Waals surface area contributed by atoms with Gasteiger partial charge in [0.1, 0.15) is 0 Å². The number of hydrogen-bond acceptors (Lipinski definition) is 3. The average molecular weight is 354 g/mol. The third-order valence-corrected chi connectivity index (χ3v) is 4.72. The Morgan fingerprint density at radius 2 is 1.96 bits per heavy atom. The number of carbonyl (C=O) groups is 2. The minimum Gasteiger partial charge on any atom is -0.349 e. The number of amides is 2. The first-order valence-corrected chi connectivity index (χ1v) is 9.42. The normalized spacial score (nSPS) is 13.2. The predicted octanol–water partition coefficient (Wildman–Crippen LogP) is 3.17. The number of imidazole rings is 1. The highest BCUT2D eigenvalue weighted by molar-refractivity contribution is 6.05. The summed E-state index contributed by atoms with van der Waals surface area (Å²) in [5.74, 6) is -0.101. The number of carbonyl (C=O) groups excluding carboxylic acids is 2. The SMILES string of the molecule is CCCNC(=O)c1nc(C(=O)Nc2ccccc2CC)c2n1CCCC2. The number of aryl methyl sites for hydroxylation is 1. The van der Waals surface area contributed by atoms with Crippen molar-refractivity contribution < 1.29 is 9.59 Å². The third-order valence-electron chi connectivity index (χ3n) is 4.72. The first-order chi connectivity index (χ1) is 12.7. The first-order valence-electron chi connectivity index (χ1n) is 9.42. The molecule has 1 aromatic heterocycles. The number of hydrogen-bond donors (Lipinski definition) is 2. The number of nitrogens with zero attached hydrogens (tertiary/aromatic N) is 2. The molecule has 0 fully saturated rings. The van der Waals surface area contributed by atoms with E-state index in [2.05, 4.69) is 22.5 Å². The molecule has 2 amide bonds. The molecule has 0 unspecified atom stereocenters. The lowest BCUT2D eigenvalue weighted by Gasteiger charge is -2.17. The maximum absolute atomic E-state index is 12.9. The van der Waals surface area contributed by atoms with E-state index in [1.54, 1.807) is 0 Å². The van der Waals surface area contributed by atoms with Crippen molar-refractivity contribution in [1.29, 1.82) is 0 Å². The quantitative estimate of drug-likeness (QED) is 0.836. The Morgan fingerprint density at radius 3 is 2.73 bits per heavy atom. The Hall–Kier alpha value is -2.63. The fourth-order valence-corrected chi connectivity index (χ4v) is 3.35.